The van der Waals surface area contributed by atoms with Crippen LogP contribution in [0.2, 0.25) is 5.02 Å². The highest BCUT2D eigenvalue weighted by Crippen LogP contribution is 2.35. The lowest BCUT2D eigenvalue weighted by atomic mass is 9.99. The van der Waals surface area contributed by atoms with Gasteiger partial charge < -0.3 is 4.90 Å². The summed E-state index contributed by atoms with van der Waals surface area (Å²) in [5.74, 6) is -0.505. The Morgan fingerprint density at radius 2 is 1.55 bits per heavy atom. The Balaban J connectivity index is 1.75. The van der Waals surface area contributed by atoms with E-state index in [0.717, 1.165) is 27.9 Å². The van der Waals surface area contributed by atoms with E-state index in [0.29, 0.717) is 35.8 Å². The zero-order valence-electron chi connectivity index (χ0n) is 19.1. The summed E-state index contributed by atoms with van der Waals surface area (Å²) < 4.78 is 0. The summed E-state index contributed by atoms with van der Waals surface area (Å²) in [5, 5.41) is 0.662. The molecule has 33 heavy (non-hydrogen) atoms. The van der Waals surface area contributed by atoms with Gasteiger partial charge >= 0.3 is 0 Å². The fraction of sp³-hybridized carbons (Fsp3) is 0.214. The van der Waals surface area contributed by atoms with E-state index in [1.807, 2.05) is 98.5 Å². The fourth-order valence-electron chi connectivity index (χ4n) is 4.14. The zero-order chi connectivity index (χ0) is 23.5. The molecule has 3 aromatic carbocycles. The van der Waals surface area contributed by atoms with Gasteiger partial charge in [-0.2, -0.15) is 0 Å². The molecule has 0 unspecified atom stereocenters. The van der Waals surface area contributed by atoms with Gasteiger partial charge in [-0.15, -0.1) is 0 Å². The third-order valence-corrected chi connectivity index (χ3v) is 6.38. The molecule has 168 valence electrons. The number of aryl methyl sites for hydroxylation is 2. The molecule has 0 saturated heterocycles. The molecule has 3 aromatic rings. The minimum atomic E-state index is -0.257. The molecule has 1 aliphatic heterocycles. The number of benzene rings is 3. The number of nitrogens with zero attached hydrogens (tertiary/aromatic N) is 2. The van der Waals surface area contributed by atoms with Crippen LogP contribution in [-0.4, -0.2) is 29.8 Å². The maximum absolute atomic E-state index is 13.7. The SMILES string of the molecule is CCN(C1=C(c2ccc(C)c(C)c2)C(=O)N(CCc2ccc(Cl)cc2)C1=O)c1ccccc1. The predicted molar refractivity (Wildman–Crippen MR) is 134 cm³/mol. The fourth-order valence-corrected chi connectivity index (χ4v) is 4.27. The molecule has 0 aliphatic carbocycles. The van der Waals surface area contributed by atoms with E-state index in [1.54, 1.807) is 0 Å². The maximum Gasteiger partial charge on any atom is 0.278 e. The van der Waals surface area contributed by atoms with Crippen molar-refractivity contribution >= 4 is 34.7 Å². The Labute approximate surface area is 200 Å². The van der Waals surface area contributed by atoms with Gasteiger partial charge in [0.25, 0.3) is 11.8 Å². The molecule has 0 bridgehead atoms. The number of carbonyl (C=O) groups is 2. The molecule has 0 saturated carbocycles. The van der Waals surface area contributed by atoms with Gasteiger partial charge in [0.2, 0.25) is 0 Å². The van der Waals surface area contributed by atoms with Gasteiger partial charge in [0.15, 0.2) is 0 Å². The van der Waals surface area contributed by atoms with Gasteiger partial charge in [-0.05, 0) is 73.7 Å². The van der Waals surface area contributed by atoms with E-state index in [2.05, 4.69) is 0 Å². The number of rotatable bonds is 7. The summed E-state index contributed by atoms with van der Waals surface area (Å²) in [6.45, 7) is 6.93. The van der Waals surface area contributed by atoms with Crippen LogP contribution in [-0.2, 0) is 16.0 Å². The molecule has 0 fully saturated rings. The topological polar surface area (TPSA) is 40.6 Å². The Morgan fingerprint density at radius 3 is 2.18 bits per heavy atom. The van der Waals surface area contributed by atoms with Crippen LogP contribution in [0.4, 0.5) is 5.69 Å². The van der Waals surface area contributed by atoms with Crippen molar-refractivity contribution in [1.29, 1.82) is 0 Å². The lowest BCUT2D eigenvalue weighted by Crippen LogP contribution is -2.36. The second-order valence-electron chi connectivity index (χ2n) is 8.24. The number of likely N-dealkylation sites (N-methyl/N-ethyl adjacent to an activating group) is 1. The average molecular weight is 459 g/mol. The van der Waals surface area contributed by atoms with Crippen LogP contribution in [0.25, 0.3) is 5.57 Å². The Hall–Kier alpha value is -3.37. The Bertz CT molecular complexity index is 1220. The molecule has 1 heterocycles. The summed E-state index contributed by atoms with van der Waals surface area (Å²) in [7, 11) is 0. The lowest BCUT2D eigenvalue weighted by Gasteiger charge is -2.25. The first-order chi connectivity index (χ1) is 15.9. The molecular formula is C28H27ClN2O2. The minimum absolute atomic E-state index is 0.249. The van der Waals surface area contributed by atoms with Gasteiger partial charge in [-0.25, -0.2) is 0 Å². The van der Waals surface area contributed by atoms with Gasteiger partial charge in [0.05, 0.1) is 5.57 Å². The van der Waals surface area contributed by atoms with Gasteiger partial charge in [0, 0.05) is 23.8 Å². The third-order valence-electron chi connectivity index (χ3n) is 6.13. The Kier molecular flexibility index (Phi) is 6.66. The average Bonchev–Trinajstić information content (AvgIpc) is 3.06. The number of para-hydroxylation sites is 1. The summed E-state index contributed by atoms with van der Waals surface area (Å²) in [6, 6.07) is 23.2. The van der Waals surface area contributed by atoms with Gasteiger partial charge in [-0.1, -0.05) is 60.1 Å². The van der Waals surface area contributed by atoms with Crippen LogP contribution in [0.5, 0.6) is 0 Å². The van der Waals surface area contributed by atoms with Crippen LogP contribution < -0.4 is 4.90 Å². The van der Waals surface area contributed by atoms with E-state index in [1.165, 1.54) is 4.90 Å². The highest BCUT2D eigenvalue weighted by molar-refractivity contribution is 6.36. The highest BCUT2D eigenvalue weighted by atomic mass is 35.5. The normalized spacial score (nSPS) is 13.8. The molecule has 0 N–H and O–H groups in total. The number of hydrogen-bond donors (Lipinski definition) is 0. The summed E-state index contributed by atoms with van der Waals surface area (Å²) in [6.07, 6.45) is 0.569. The van der Waals surface area contributed by atoms with Crippen molar-refractivity contribution in [1.82, 2.24) is 4.90 Å². The van der Waals surface area contributed by atoms with Crippen LogP contribution in [0.15, 0.2) is 78.5 Å². The highest BCUT2D eigenvalue weighted by Gasteiger charge is 2.41. The molecule has 0 atom stereocenters. The first kappa shape index (κ1) is 22.8. The van der Waals surface area contributed by atoms with E-state index < -0.39 is 0 Å². The van der Waals surface area contributed by atoms with Crippen LogP contribution >= 0.6 is 11.6 Å². The first-order valence-corrected chi connectivity index (χ1v) is 11.5. The number of anilines is 1. The largest absolute Gasteiger partial charge is 0.337 e. The molecule has 0 aromatic heterocycles. The predicted octanol–water partition coefficient (Wildman–Crippen LogP) is 5.81. The molecule has 1 aliphatic rings. The first-order valence-electron chi connectivity index (χ1n) is 11.2. The van der Waals surface area contributed by atoms with Crippen LogP contribution in [0.3, 0.4) is 0 Å². The van der Waals surface area contributed by atoms with E-state index in [-0.39, 0.29) is 11.8 Å². The van der Waals surface area contributed by atoms with Gasteiger partial charge in [-0.3, -0.25) is 14.5 Å². The van der Waals surface area contributed by atoms with Crippen LogP contribution in [0, 0.1) is 13.8 Å². The number of amides is 2. The number of hydrogen-bond acceptors (Lipinski definition) is 3. The monoisotopic (exact) mass is 458 g/mol. The molecule has 4 nitrogen and oxygen atoms in total. The van der Waals surface area contributed by atoms with E-state index in [4.69, 9.17) is 11.6 Å². The van der Waals surface area contributed by atoms with Crippen molar-refractivity contribution in [3.05, 3.63) is 106 Å². The number of carbonyl (C=O) groups excluding carboxylic acids is 2. The van der Waals surface area contributed by atoms with E-state index >= 15 is 0 Å². The third kappa shape index (κ3) is 4.57. The van der Waals surface area contributed by atoms with Gasteiger partial charge in [0.1, 0.15) is 5.70 Å². The molecule has 5 heteroatoms. The molecule has 0 spiro atoms. The van der Waals surface area contributed by atoms with E-state index in [9.17, 15) is 9.59 Å². The number of imide groups is 1. The smallest absolute Gasteiger partial charge is 0.278 e. The minimum Gasteiger partial charge on any atom is -0.337 e. The maximum atomic E-state index is 13.7. The molecule has 2 amide bonds. The van der Waals surface area contributed by atoms with Crippen molar-refractivity contribution in [3.8, 4) is 0 Å². The summed E-state index contributed by atoms with van der Waals surface area (Å²) in [5.41, 5.74) is 5.82. The second kappa shape index (κ2) is 9.63. The standard InChI is InChI=1S/C28H27ClN2O2/c1-4-30(24-8-6-5-7-9-24)26-25(22-13-10-19(2)20(3)18-22)27(32)31(28(26)33)17-16-21-11-14-23(29)15-12-21/h5-15,18H,4,16-17H2,1-3H3. The van der Waals surface area contributed by atoms with Crippen molar-refractivity contribution in [3.63, 3.8) is 0 Å². The molecule has 4 rings (SSSR count). The molecular weight excluding hydrogens is 432 g/mol. The Morgan fingerprint density at radius 1 is 0.848 bits per heavy atom. The van der Waals surface area contributed by atoms with Crippen LogP contribution in [0.1, 0.15) is 29.2 Å². The summed E-state index contributed by atoms with van der Waals surface area (Å²) in [4.78, 5) is 30.6. The summed E-state index contributed by atoms with van der Waals surface area (Å²) >= 11 is 5.99. The second-order valence-corrected chi connectivity index (χ2v) is 8.68. The quantitative estimate of drug-likeness (QED) is 0.420. The lowest BCUT2D eigenvalue weighted by molar-refractivity contribution is -0.136. The van der Waals surface area contributed by atoms with Crippen molar-refractivity contribution < 1.29 is 9.59 Å². The van der Waals surface area contributed by atoms with Crippen molar-refractivity contribution in [2.45, 2.75) is 27.2 Å². The molecule has 0 radical (unpaired) electrons. The van der Waals surface area contributed by atoms with Crippen molar-refractivity contribution in [2.75, 3.05) is 18.0 Å². The number of halogens is 1. The van der Waals surface area contributed by atoms with Crippen molar-refractivity contribution in [2.24, 2.45) is 0 Å². The zero-order valence-corrected chi connectivity index (χ0v) is 19.9.